The third-order valence-corrected chi connectivity index (χ3v) is 13.4. The fraction of sp³-hybridized carbons (Fsp3) is 0.651. The summed E-state index contributed by atoms with van der Waals surface area (Å²) in [4.78, 5) is 28.2. The molecule has 3 nitrogen and oxygen atoms in total. The standard InChI is InChI=1S/C43H56F3NO2/c1-25-11-7-8-13-29(14-9-12-25)17-30-18-35(40(49)38-37-36(19-30)42(37,38)24-43(44,45)46)39(48)34-21-33(34)31-15-10-16-32(20-31)41(5,6)22-26(2)28(4)27(3)23-47/h10,15-16,18-20,23,25,27-29,33-34,36-38,47H,2,7-9,11-14,17,21-22,24H2,1,3-6H3/b30-19-,35-18-,47-23?/t25-,27?,28?,29?,33?,34?,36?,37?,38?,42?/m0/s1. The van der Waals surface area contributed by atoms with Gasteiger partial charge in [-0.15, -0.1) is 0 Å². The molecule has 1 aromatic rings. The highest BCUT2D eigenvalue weighted by atomic mass is 19.4. The van der Waals surface area contributed by atoms with Gasteiger partial charge in [-0.3, -0.25) is 9.59 Å². The van der Waals surface area contributed by atoms with Crippen LogP contribution in [0.3, 0.4) is 0 Å². The topological polar surface area (TPSA) is 58.0 Å². The van der Waals surface area contributed by atoms with Gasteiger partial charge in [-0.2, -0.15) is 13.2 Å². The summed E-state index contributed by atoms with van der Waals surface area (Å²) in [6.07, 6.45) is 10.4. The molecule has 0 heterocycles. The Kier molecular flexibility index (Phi) is 9.87. The average molecular weight is 676 g/mol. The van der Waals surface area contributed by atoms with Gasteiger partial charge in [0.1, 0.15) is 0 Å². The van der Waals surface area contributed by atoms with Crippen LogP contribution in [0.1, 0.15) is 122 Å². The normalized spacial score (nSPS) is 36.1. The van der Waals surface area contributed by atoms with Crippen molar-refractivity contribution in [3.8, 4) is 0 Å². The molecule has 10 atom stereocenters. The van der Waals surface area contributed by atoms with Crippen LogP contribution in [0.25, 0.3) is 0 Å². The average Bonchev–Trinajstić information content (AvgIpc) is 3.98. The predicted octanol–water partition coefficient (Wildman–Crippen LogP) is 11.1. The fourth-order valence-electron chi connectivity index (χ4n) is 9.78. The SMILES string of the molecule is C=C(CC(C)(C)c1cccc(C2CC2C(=O)/C2=C/C(CC3CCCC[C@H](C)CCC3)=C\C3C4C(C2=O)C34CC(F)(F)F)c1)C(C)C(C)C=N. The number of Topliss-reactive ketones (excluding diaryl/α,β-unsaturated/α-hetero) is 2. The van der Waals surface area contributed by atoms with E-state index in [4.69, 9.17) is 5.41 Å². The quantitative estimate of drug-likeness (QED) is 0.136. The summed E-state index contributed by atoms with van der Waals surface area (Å²) in [7, 11) is 0. The highest BCUT2D eigenvalue weighted by molar-refractivity contribution is 6.24. The van der Waals surface area contributed by atoms with E-state index in [2.05, 4.69) is 52.5 Å². The van der Waals surface area contributed by atoms with Crippen molar-refractivity contribution >= 4 is 17.8 Å². The third kappa shape index (κ3) is 7.35. The van der Waals surface area contributed by atoms with Gasteiger partial charge >= 0.3 is 6.18 Å². The highest BCUT2D eigenvalue weighted by Gasteiger charge is 2.89. The van der Waals surface area contributed by atoms with Crippen molar-refractivity contribution in [2.75, 3.05) is 0 Å². The number of hydrogen-bond donors (Lipinski definition) is 1. The van der Waals surface area contributed by atoms with E-state index in [0.717, 1.165) is 66.7 Å². The predicted molar refractivity (Wildman–Crippen MR) is 191 cm³/mol. The number of carbonyl (C=O) groups is 2. The zero-order valence-corrected chi connectivity index (χ0v) is 30.2. The van der Waals surface area contributed by atoms with E-state index in [1.54, 1.807) is 0 Å². The van der Waals surface area contributed by atoms with Crippen LogP contribution < -0.4 is 0 Å². The van der Waals surface area contributed by atoms with Gasteiger partial charge in [0.05, 0.1) is 12.0 Å². The van der Waals surface area contributed by atoms with Gasteiger partial charge < -0.3 is 5.41 Å². The van der Waals surface area contributed by atoms with E-state index in [0.29, 0.717) is 12.3 Å². The summed E-state index contributed by atoms with van der Waals surface area (Å²) in [6.45, 7) is 15.2. The van der Waals surface area contributed by atoms with Gasteiger partial charge in [0.2, 0.25) is 0 Å². The lowest BCUT2D eigenvalue weighted by molar-refractivity contribution is -0.146. The molecule has 0 aromatic heterocycles. The Balaban J connectivity index is 1.21. The summed E-state index contributed by atoms with van der Waals surface area (Å²) in [5.74, 6) is -0.525. The highest BCUT2D eigenvalue weighted by Crippen LogP contribution is 2.88. The van der Waals surface area contributed by atoms with Crippen LogP contribution in [0.5, 0.6) is 0 Å². The van der Waals surface area contributed by atoms with Crippen molar-refractivity contribution in [3.63, 3.8) is 0 Å². The van der Waals surface area contributed by atoms with Crippen molar-refractivity contribution in [1.29, 1.82) is 5.41 Å². The summed E-state index contributed by atoms with van der Waals surface area (Å²) in [5.41, 5.74) is 3.20. The number of alkyl halides is 3. The van der Waals surface area contributed by atoms with Crippen LogP contribution in [-0.2, 0) is 15.0 Å². The molecule has 6 aliphatic rings. The van der Waals surface area contributed by atoms with E-state index in [1.807, 2.05) is 25.1 Å². The number of fused-ring (bicyclic) bond motifs is 2. The number of allylic oxidation sites excluding steroid dienone is 5. The van der Waals surface area contributed by atoms with Crippen molar-refractivity contribution in [2.45, 2.75) is 123 Å². The van der Waals surface area contributed by atoms with E-state index >= 15 is 0 Å². The van der Waals surface area contributed by atoms with Gasteiger partial charge in [-0.05, 0) is 89.5 Å². The van der Waals surface area contributed by atoms with Crippen molar-refractivity contribution in [2.24, 2.45) is 52.8 Å². The maximum atomic E-state index is 14.2. The number of rotatable bonds is 12. The Hall–Kier alpha value is -2.76. The molecule has 6 aliphatic carbocycles. The Morgan fingerprint density at radius 3 is 2.51 bits per heavy atom. The first-order valence-corrected chi connectivity index (χ1v) is 18.9. The number of carbonyl (C=O) groups excluding carboxylic acids is 2. The third-order valence-electron chi connectivity index (χ3n) is 13.4. The van der Waals surface area contributed by atoms with Crippen LogP contribution in [0, 0.1) is 58.2 Å². The molecule has 0 radical (unpaired) electrons. The molecule has 0 spiro atoms. The van der Waals surface area contributed by atoms with E-state index in [1.165, 1.54) is 25.5 Å². The smallest absolute Gasteiger partial charge is 0.313 e. The molecule has 6 heteroatoms. The molecule has 4 saturated carbocycles. The van der Waals surface area contributed by atoms with Gasteiger partial charge in [-0.1, -0.05) is 128 Å². The maximum absolute atomic E-state index is 14.2. The maximum Gasteiger partial charge on any atom is 0.389 e. The number of halogens is 3. The molecule has 0 aliphatic heterocycles. The van der Waals surface area contributed by atoms with Crippen molar-refractivity contribution < 1.29 is 22.8 Å². The molecule has 266 valence electrons. The van der Waals surface area contributed by atoms with Gasteiger partial charge in [0.25, 0.3) is 0 Å². The fourth-order valence-corrected chi connectivity index (χ4v) is 9.78. The van der Waals surface area contributed by atoms with Crippen LogP contribution in [0.2, 0.25) is 0 Å². The van der Waals surface area contributed by atoms with Crippen molar-refractivity contribution in [1.82, 2.24) is 0 Å². The first-order valence-electron chi connectivity index (χ1n) is 18.9. The molecule has 0 saturated heterocycles. The molecule has 2 bridgehead atoms. The van der Waals surface area contributed by atoms with Crippen LogP contribution in [0.4, 0.5) is 13.2 Å². The van der Waals surface area contributed by atoms with Crippen LogP contribution in [-0.4, -0.2) is 24.0 Å². The lowest BCUT2D eigenvalue weighted by Gasteiger charge is -2.30. The van der Waals surface area contributed by atoms with Gasteiger partial charge in [0.15, 0.2) is 11.6 Å². The zero-order chi connectivity index (χ0) is 35.5. The molecular weight excluding hydrogens is 619 g/mol. The lowest BCUT2D eigenvalue weighted by Crippen LogP contribution is -2.28. The molecule has 7 rings (SSSR count). The Labute approximate surface area is 291 Å². The number of benzene rings is 1. The minimum Gasteiger partial charge on any atom is -0.313 e. The second-order valence-corrected chi connectivity index (χ2v) is 17.5. The van der Waals surface area contributed by atoms with E-state index < -0.39 is 23.9 Å². The summed E-state index contributed by atoms with van der Waals surface area (Å²) in [6, 6.07) is 8.40. The summed E-state index contributed by atoms with van der Waals surface area (Å²) >= 11 is 0. The number of hydrogen-bond acceptors (Lipinski definition) is 3. The molecule has 4 fully saturated rings. The molecule has 0 amide bonds. The minimum absolute atomic E-state index is 0.00292. The molecule has 1 N–H and O–H groups in total. The Morgan fingerprint density at radius 2 is 1.80 bits per heavy atom. The van der Waals surface area contributed by atoms with E-state index in [-0.39, 0.29) is 58.1 Å². The molecular formula is C43H56F3NO2. The second-order valence-electron chi connectivity index (χ2n) is 17.5. The molecule has 9 unspecified atom stereocenters. The Bertz CT molecular complexity index is 1550. The van der Waals surface area contributed by atoms with Crippen LogP contribution in [0.15, 0.2) is 59.7 Å². The number of ketones is 2. The van der Waals surface area contributed by atoms with Gasteiger partial charge in [-0.25, -0.2) is 0 Å². The van der Waals surface area contributed by atoms with Gasteiger partial charge in [0, 0.05) is 17.3 Å². The largest absolute Gasteiger partial charge is 0.389 e. The summed E-state index contributed by atoms with van der Waals surface area (Å²) in [5, 5.41) is 7.66. The lowest BCUT2D eigenvalue weighted by atomic mass is 9.74. The minimum atomic E-state index is -4.33. The second kappa shape index (κ2) is 13.4. The molecule has 49 heavy (non-hydrogen) atoms. The number of nitrogens with one attached hydrogen (secondary N) is 1. The first-order chi connectivity index (χ1) is 23.1. The Morgan fingerprint density at radius 1 is 1.10 bits per heavy atom. The molecule has 1 aromatic carbocycles. The zero-order valence-electron chi connectivity index (χ0n) is 30.2. The first kappa shape index (κ1) is 36.0. The van der Waals surface area contributed by atoms with Crippen LogP contribution >= 0.6 is 0 Å². The monoisotopic (exact) mass is 675 g/mol. The van der Waals surface area contributed by atoms with E-state index in [9.17, 15) is 22.8 Å². The summed E-state index contributed by atoms with van der Waals surface area (Å²) < 4.78 is 41.4. The van der Waals surface area contributed by atoms with Crippen molar-refractivity contribution in [3.05, 3.63) is 70.8 Å².